The van der Waals surface area contributed by atoms with Gasteiger partial charge in [0.2, 0.25) is 15.9 Å². The Kier molecular flexibility index (Phi) is 8.11. The second-order valence-electron chi connectivity index (χ2n) is 7.55. The summed E-state index contributed by atoms with van der Waals surface area (Å²) in [6.45, 7) is 6.32. The van der Waals surface area contributed by atoms with E-state index in [1.165, 1.54) is 11.1 Å². The Morgan fingerprint density at radius 1 is 1.14 bits per heavy atom. The lowest BCUT2D eigenvalue weighted by atomic mass is 10.0. The molecular formula is C22H29ClN2O3S. The summed E-state index contributed by atoms with van der Waals surface area (Å²) in [5, 5.41) is 3.23. The molecule has 158 valence electrons. The van der Waals surface area contributed by atoms with Crippen LogP contribution in [-0.2, 0) is 21.2 Å². The van der Waals surface area contributed by atoms with Gasteiger partial charge in [-0.3, -0.25) is 9.10 Å². The third-order valence-electron chi connectivity index (χ3n) is 4.74. The highest BCUT2D eigenvalue weighted by atomic mass is 35.5. The van der Waals surface area contributed by atoms with Crippen molar-refractivity contribution in [3.05, 3.63) is 64.2 Å². The average Bonchev–Trinajstić information content (AvgIpc) is 2.65. The number of nitrogens with zero attached hydrogens (tertiary/aromatic N) is 1. The third kappa shape index (κ3) is 7.05. The second-order valence-corrected chi connectivity index (χ2v) is 9.89. The van der Waals surface area contributed by atoms with Crippen molar-refractivity contribution in [1.82, 2.24) is 5.32 Å². The fourth-order valence-electron chi connectivity index (χ4n) is 3.01. The van der Waals surface area contributed by atoms with Gasteiger partial charge in [0.05, 0.1) is 11.9 Å². The van der Waals surface area contributed by atoms with Gasteiger partial charge in [-0.1, -0.05) is 55.8 Å². The van der Waals surface area contributed by atoms with E-state index in [-0.39, 0.29) is 12.5 Å². The van der Waals surface area contributed by atoms with E-state index in [9.17, 15) is 13.2 Å². The zero-order valence-corrected chi connectivity index (χ0v) is 19.0. The van der Waals surface area contributed by atoms with Crippen molar-refractivity contribution in [2.24, 2.45) is 0 Å². The monoisotopic (exact) mass is 436 g/mol. The molecule has 0 radical (unpaired) electrons. The summed E-state index contributed by atoms with van der Waals surface area (Å²) in [6, 6.07) is 13.5. The van der Waals surface area contributed by atoms with Crippen LogP contribution in [0.4, 0.5) is 5.69 Å². The van der Waals surface area contributed by atoms with Gasteiger partial charge in [0, 0.05) is 11.6 Å². The summed E-state index contributed by atoms with van der Waals surface area (Å²) in [4.78, 5) is 12.4. The van der Waals surface area contributed by atoms with Crippen LogP contribution in [0.25, 0.3) is 0 Å². The summed E-state index contributed by atoms with van der Waals surface area (Å²) in [5.41, 5.74) is 3.67. The van der Waals surface area contributed by atoms with Crippen LogP contribution in [0, 0.1) is 6.92 Å². The fraction of sp³-hybridized carbons (Fsp3) is 0.409. The Balaban J connectivity index is 1.91. The number of carbonyl (C=O) groups is 1. The van der Waals surface area contributed by atoms with E-state index in [4.69, 9.17) is 11.6 Å². The van der Waals surface area contributed by atoms with Crippen molar-refractivity contribution in [3.63, 3.8) is 0 Å². The first-order chi connectivity index (χ1) is 13.6. The number of hydrogen-bond donors (Lipinski definition) is 1. The van der Waals surface area contributed by atoms with Gasteiger partial charge in [-0.15, -0.1) is 0 Å². The lowest BCUT2D eigenvalue weighted by Gasteiger charge is -2.23. The average molecular weight is 437 g/mol. The molecule has 0 bridgehead atoms. The molecule has 2 aromatic carbocycles. The van der Waals surface area contributed by atoms with E-state index in [1.807, 2.05) is 0 Å². The first kappa shape index (κ1) is 23.2. The number of benzene rings is 2. The molecule has 0 aliphatic rings. The van der Waals surface area contributed by atoms with Crippen molar-refractivity contribution in [2.75, 3.05) is 23.7 Å². The number of sulfonamides is 1. The van der Waals surface area contributed by atoms with E-state index in [1.54, 1.807) is 25.1 Å². The van der Waals surface area contributed by atoms with Gasteiger partial charge in [0.1, 0.15) is 6.54 Å². The van der Waals surface area contributed by atoms with E-state index in [2.05, 4.69) is 43.4 Å². The minimum atomic E-state index is -3.62. The van der Waals surface area contributed by atoms with Gasteiger partial charge in [-0.05, 0) is 54.5 Å². The SMILES string of the molecule is Cc1ccc(Cl)cc1N(CC(=O)NCCCc1ccc(C(C)C)cc1)S(C)(=O)=O. The van der Waals surface area contributed by atoms with Crippen LogP contribution in [0.3, 0.4) is 0 Å². The quantitative estimate of drug-likeness (QED) is 0.596. The maximum Gasteiger partial charge on any atom is 0.240 e. The summed E-state index contributed by atoms with van der Waals surface area (Å²) in [7, 11) is -3.62. The standard InChI is InChI=1S/C22H29ClN2O3S/c1-16(2)19-10-8-18(9-11-19)6-5-13-24-22(26)15-25(29(4,27)28)21-14-20(23)12-7-17(21)3/h7-12,14,16H,5-6,13,15H2,1-4H3,(H,24,26). The highest BCUT2D eigenvalue weighted by Crippen LogP contribution is 2.26. The molecule has 29 heavy (non-hydrogen) atoms. The molecule has 0 heterocycles. The van der Waals surface area contributed by atoms with E-state index in [0.717, 1.165) is 29.0 Å². The number of anilines is 1. The predicted octanol–water partition coefficient (Wildman–Crippen LogP) is 4.29. The maximum absolute atomic E-state index is 12.4. The highest BCUT2D eigenvalue weighted by molar-refractivity contribution is 7.92. The molecule has 2 rings (SSSR count). The summed E-state index contributed by atoms with van der Waals surface area (Å²) in [5.74, 6) is 0.161. The largest absolute Gasteiger partial charge is 0.355 e. The lowest BCUT2D eigenvalue weighted by molar-refractivity contribution is -0.119. The Hall–Kier alpha value is -2.05. The number of rotatable bonds is 9. The van der Waals surface area contributed by atoms with E-state index < -0.39 is 10.0 Å². The van der Waals surface area contributed by atoms with Crippen molar-refractivity contribution in [3.8, 4) is 0 Å². The molecule has 0 spiro atoms. The number of halogens is 1. The van der Waals surface area contributed by atoms with Crippen LogP contribution in [-0.4, -0.2) is 33.7 Å². The molecule has 0 atom stereocenters. The van der Waals surface area contributed by atoms with Crippen molar-refractivity contribution in [1.29, 1.82) is 0 Å². The molecule has 0 fully saturated rings. The molecule has 0 aliphatic carbocycles. The Bertz CT molecular complexity index is 941. The zero-order valence-electron chi connectivity index (χ0n) is 17.4. The number of amides is 1. The summed E-state index contributed by atoms with van der Waals surface area (Å²) >= 11 is 6.01. The molecule has 0 aromatic heterocycles. The number of aryl methyl sites for hydroxylation is 2. The van der Waals surface area contributed by atoms with Gasteiger partial charge in [0.25, 0.3) is 0 Å². The zero-order chi connectivity index (χ0) is 21.6. The topological polar surface area (TPSA) is 66.5 Å². The molecule has 5 nitrogen and oxygen atoms in total. The Morgan fingerprint density at radius 3 is 2.38 bits per heavy atom. The Labute approximate surface area is 179 Å². The van der Waals surface area contributed by atoms with Crippen molar-refractivity contribution >= 4 is 33.2 Å². The molecule has 7 heteroatoms. The summed E-state index contributed by atoms with van der Waals surface area (Å²) in [6.07, 6.45) is 2.71. The normalized spacial score (nSPS) is 11.5. The van der Waals surface area contributed by atoms with Gasteiger partial charge in [0.15, 0.2) is 0 Å². The van der Waals surface area contributed by atoms with Gasteiger partial charge in [-0.25, -0.2) is 8.42 Å². The minimum absolute atomic E-state index is 0.275. The Morgan fingerprint density at radius 2 is 1.79 bits per heavy atom. The van der Waals surface area contributed by atoms with Crippen molar-refractivity contribution in [2.45, 2.75) is 39.5 Å². The molecule has 2 aromatic rings. The van der Waals surface area contributed by atoms with Crippen LogP contribution in [0.15, 0.2) is 42.5 Å². The van der Waals surface area contributed by atoms with Gasteiger partial charge < -0.3 is 5.32 Å². The molecule has 1 N–H and O–H groups in total. The van der Waals surface area contributed by atoms with Crippen LogP contribution >= 0.6 is 11.6 Å². The molecule has 0 unspecified atom stereocenters. The van der Waals surface area contributed by atoms with Crippen LogP contribution in [0.5, 0.6) is 0 Å². The van der Waals surface area contributed by atoms with Crippen molar-refractivity contribution < 1.29 is 13.2 Å². The van der Waals surface area contributed by atoms with Gasteiger partial charge in [-0.2, -0.15) is 0 Å². The number of hydrogen-bond acceptors (Lipinski definition) is 3. The summed E-state index contributed by atoms with van der Waals surface area (Å²) < 4.78 is 25.5. The van der Waals surface area contributed by atoms with E-state index >= 15 is 0 Å². The fourth-order valence-corrected chi connectivity index (χ4v) is 4.08. The second kappa shape index (κ2) is 10.1. The van der Waals surface area contributed by atoms with Crippen LogP contribution in [0.2, 0.25) is 5.02 Å². The predicted molar refractivity (Wildman–Crippen MR) is 120 cm³/mol. The minimum Gasteiger partial charge on any atom is -0.355 e. The van der Waals surface area contributed by atoms with Crippen LogP contribution < -0.4 is 9.62 Å². The first-order valence-corrected chi connectivity index (χ1v) is 11.9. The smallest absolute Gasteiger partial charge is 0.240 e. The number of carbonyl (C=O) groups excluding carboxylic acids is 1. The first-order valence-electron chi connectivity index (χ1n) is 9.67. The lowest BCUT2D eigenvalue weighted by Crippen LogP contribution is -2.41. The third-order valence-corrected chi connectivity index (χ3v) is 6.10. The highest BCUT2D eigenvalue weighted by Gasteiger charge is 2.22. The number of nitrogens with one attached hydrogen (secondary N) is 1. The molecular weight excluding hydrogens is 408 g/mol. The van der Waals surface area contributed by atoms with Gasteiger partial charge >= 0.3 is 0 Å². The van der Waals surface area contributed by atoms with Crippen LogP contribution in [0.1, 0.15) is 42.9 Å². The molecule has 0 saturated carbocycles. The molecule has 0 saturated heterocycles. The molecule has 0 aliphatic heterocycles. The van der Waals surface area contributed by atoms with E-state index in [0.29, 0.717) is 23.2 Å². The maximum atomic E-state index is 12.4. The molecule has 1 amide bonds.